The number of anilines is 1. The summed E-state index contributed by atoms with van der Waals surface area (Å²) in [7, 11) is 1.59. The molecule has 8 heteroatoms. The topological polar surface area (TPSA) is 86.5 Å². The van der Waals surface area contributed by atoms with Gasteiger partial charge in [-0.1, -0.05) is 11.6 Å². The van der Waals surface area contributed by atoms with Gasteiger partial charge in [0, 0.05) is 10.6 Å². The lowest BCUT2D eigenvalue weighted by Crippen LogP contribution is -2.30. The number of methoxy groups -OCH3 is 1. The Morgan fingerprint density at radius 1 is 1.15 bits per heavy atom. The Morgan fingerprint density at radius 3 is 2.52 bits per heavy atom. The van der Waals surface area contributed by atoms with Gasteiger partial charge in [0.2, 0.25) is 5.82 Å². The molecule has 0 aliphatic heterocycles. The number of amides is 1. The van der Waals surface area contributed by atoms with E-state index < -0.39 is 6.10 Å². The molecule has 1 amide bonds. The molecule has 3 rings (SSSR count). The van der Waals surface area contributed by atoms with Crippen molar-refractivity contribution in [1.29, 1.82) is 0 Å². The van der Waals surface area contributed by atoms with Crippen molar-refractivity contribution in [2.24, 2.45) is 0 Å². The van der Waals surface area contributed by atoms with Crippen molar-refractivity contribution in [3.05, 3.63) is 53.1 Å². The maximum atomic E-state index is 12.5. The lowest BCUT2D eigenvalue weighted by molar-refractivity contribution is -0.122. The van der Waals surface area contributed by atoms with Crippen LogP contribution in [0.5, 0.6) is 11.5 Å². The molecule has 0 bridgehead atoms. The van der Waals surface area contributed by atoms with Gasteiger partial charge in [0.1, 0.15) is 11.5 Å². The molecule has 1 heterocycles. The fraction of sp³-hybridized carbons (Fsp3) is 0.211. The number of hydrogen-bond acceptors (Lipinski definition) is 6. The van der Waals surface area contributed by atoms with Gasteiger partial charge in [-0.25, -0.2) is 4.63 Å². The summed E-state index contributed by atoms with van der Waals surface area (Å²) in [5, 5.41) is 10.9. The SMILES string of the molecule is COc1ccc(-c2nonc2NC(=O)[C@@H](C)Oc2ccc(Cl)c(C)c2)cc1. The minimum Gasteiger partial charge on any atom is -0.497 e. The summed E-state index contributed by atoms with van der Waals surface area (Å²) in [6, 6.07) is 12.4. The number of benzene rings is 2. The van der Waals surface area contributed by atoms with Gasteiger partial charge in [0.05, 0.1) is 7.11 Å². The number of nitrogens with zero attached hydrogens (tertiary/aromatic N) is 2. The van der Waals surface area contributed by atoms with Gasteiger partial charge in [-0.2, -0.15) is 0 Å². The number of rotatable bonds is 6. The Morgan fingerprint density at radius 2 is 1.85 bits per heavy atom. The van der Waals surface area contributed by atoms with E-state index in [-0.39, 0.29) is 11.7 Å². The number of aromatic nitrogens is 2. The van der Waals surface area contributed by atoms with Crippen LogP contribution in [0, 0.1) is 6.92 Å². The molecular formula is C19H18ClN3O4. The second-order valence-corrected chi connectivity index (χ2v) is 6.26. The van der Waals surface area contributed by atoms with Crippen LogP contribution in [0.2, 0.25) is 5.02 Å². The number of carbonyl (C=O) groups is 1. The molecule has 3 aromatic rings. The molecule has 0 spiro atoms. The minimum absolute atomic E-state index is 0.216. The molecule has 0 unspecified atom stereocenters. The van der Waals surface area contributed by atoms with Gasteiger partial charge in [-0.15, -0.1) is 0 Å². The predicted octanol–water partition coefficient (Wildman–Crippen LogP) is 4.11. The van der Waals surface area contributed by atoms with Crippen molar-refractivity contribution in [2.75, 3.05) is 12.4 Å². The maximum absolute atomic E-state index is 12.5. The zero-order valence-corrected chi connectivity index (χ0v) is 15.8. The van der Waals surface area contributed by atoms with Crippen LogP contribution in [-0.2, 0) is 4.79 Å². The number of hydrogen-bond donors (Lipinski definition) is 1. The van der Waals surface area contributed by atoms with Crippen molar-refractivity contribution in [1.82, 2.24) is 10.3 Å². The monoisotopic (exact) mass is 387 g/mol. The van der Waals surface area contributed by atoms with E-state index in [1.165, 1.54) is 0 Å². The van der Waals surface area contributed by atoms with Crippen molar-refractivity contribution in [3.63, 3.8) is 0 Å². The highest BCUT2D eigenvalue weighted by Gasteiger charge is 2.20. The first-order chi connectivity index (χ1) is 13.0. The van der Waals surface area contributed by atoms with Crippen molar-refractivity contribution >= 4 is 23.3 Å². The molecule has 1 aromatic heterocycles. The summed E-state index contributed by atoms with van der Waals surface area (Å²) in [6.07, 6.45) is -0.758. The third kappa shape index (κ3) is 4.38. The first kappa shape index (κ1) is 18.7. The summed E-state index contributed by atoms with van der Waals surface area (Å²) in [4.78, 5) is 12.5. The fourth-order valence-corrected chi connectivity index (χ4v) is 2.49. The van der Waals surface area contributed by atoms with Crippen molar-refractivity contribution in [3.8, 4) is 22.8 Å². The van der Waals surface area contributed by atoms with Crippen LogP contribution in [0.4, 0.5) is 5.82 Å². The molecule has 2 aromatic carbocycles. The Bertz CT molecular complexity index is 940. The van der Waals surface area contributed by atoms with E-state index in [2.05, 4.69) is 15.6 Å². The summed E-state index contributed by atoms with van der Waals surface area (Å²) in [6.45, 7) is 3.50. The van der Waals surface area contributed by atoms with Gasteiger partial charge in [-0.3, -0.25) is 4.79 Å². The Kier molecular flexibility index (Phi) is 5.61. The molecule has 0 radical (unpaired) electrons. The van der Waals surface area contributed by atoms with E-state index >= 15 is 0 Å². The minimum atomic E-state index is -0.758. The molecule has 0 fully saturated rings. The van der Waals surface area contributed by atoms with Gasteiger partial charge in [-0.05, 0) is 72.2 Å². The predicted molar refractivity (Wildman–Crippen MR) is 101 cm³/mol. The van der Waals surface area contributed by atoms with E-state index in [1.807, 2.05) is 6.92 Å². The van der Waals surface area contributed by atoms with Gasteiger partial charge in [0.15, 0.2) is 11.8 Å². The highest BCUT2D eigenvalue weighted by molar-refractivity contribution is 6.31. The lowest BCUT2D eigenvalue weighted by Gasteiger charge is -2.14. The summed E-state index contributed by atoms with van der Waals surface area (Å²) in [5.74, 6) is 1.09. The van der Waals surface area contributed by atoms with E-state index in [4.69, 9.17) is 25.7 Å². The molecule has 0 saturated heterocycles. The zero-order valence-electron chi connectivity index (χ0n) is 15.0. The Hall–Kier alpha value is -3.06. The first-order valence-electron chi connectivity index (χ1n) is 8.18. The standard InChI is InChI=1S/C19H18ClN3O4/c1-11-10-15(8-9-16(11)20)26-12(2)19(24)21-18-17(22-27-23-18)13-4-6-14(25-3)7-5-13/h4-10,12H,1-3H3,(H,21,23,24)/t12-/m1/s1. The van der Waals surface area contributed by atoms with Crippen LogP contribution >= 0.6 is 11.6 Å². The molecule has 0 aliphatic rings. The number of carbonyl (C=O) groups excluding carboxylic acids is 1. The third-order valence-electron chi connectivity index (χ3n) is 3.91. The summed E-state index contributed by atoms with van der Waals surface area (Å²) in [5.41, 5.74) is 2.01. The molecule has 0 aliphatic carbocycles. The first-order valence-corrected chi connectivity index (χ1v) is 8.56. The lowest BCUT2D eigenvalue weighted by atomic mass is 10.1. The third-order valence-corrected chi connectivity index (χ3v) is 4.33. The summed E-state index contributed by atoms with van der Waals surface area (Å²) >= 11 is 6.00. The highest BCUT2D eigenvalue weighted by Crippen LogP contribution is 2.27. The van der Waals surface area contributed by atoms with Crippen LogP contribution in [-0.4, -0.2) is 29.4 Å². The smallest absolute Gasteiger partial charge is 0.266 e. The largest absolute Gasteiger partial charge is 0.497 e. The number of aryl methyl sites for hydroxylation is 1. The molecular weight excluding hydrogens is 370 g/mol. The van der Waals surface area contributed by atoms with Gasteiger partial charge >= 0.3 is 0 Å². The molecule has 140 valence electrons. The van der Waals surface area contributed by atoms with E-state index in [0.717, 1.165) is 11.1 Å². The van der Waals surface area contributed by atoms with E-state index in [9.17, 15) is 4.79 Å². The van der Waals surface area contributed by atoms with E-state index in [0.29, 0.717) is 22.2 Å². The van der Waals surface area contributed by atoms with Crippen LogP contribution in [0.15, 0.2) is 47.1 Å². The molecule has 27 heavy (non-hydrogen) atoms. The molecule has 1 atom stereocenters. The second kappa shape index (κ2) is 8.09. The van der Waals surface area contributed by atoms with Gasteiger partial charge < -0.3 is 14.8 Å². The highest BCUT2D eigenvalue weighted by atomic mass is 35.5. The van der Waals surface area contributed by atoms with Crippen LogP contribution < -0.4 is 14.8 Å². The molecule has 0 saturated carbocycles. The fourth-order valence-electron chi connectivity index (χ4n) is 2.38. The van der Waals surface area contributed by atoms with Crippen LogP contribution in [0.1, 0.15) is 12.5 Å². The van der Waals surface area contributed by atoms with Crippen molar-refractivity contribution in [2.45, 2.75) is 20.0 Å². The second-order valence-electron chi connectivity index (χ2n) is 5.85. The molecule has 7 nitrogen and oxygen atoms in total. The normalized spacial score (nSPS) is 11.7. The molecule has 1 N–H and O–H groups in total. The van der Waals surface area contributed by atoms with Crippen LogP contribution in [0.3, 0.4) is 0 Å². The van der Waals surface area contributed by atoms with Crippen LogP contribution in [0.25, 0.3) is 11.3 Å². The summed E-state index contributed by atoms with van der Waals surface area (Å²) < 4.78 is 15.6. The van der Waals surface area contributed by atoms with Gasteiger partial charge in [0.25, 0.3) is 5.91 Å². The Balaban J connectivity index is 1.70. The number of ether oxygens (including phenoxy) is 2. The number of nitrogens with one attached hydrogen (secondary N) is 1. The zero-order chi connectivity index (χ0) is 19.4. The quantitative estimate of drug-likeness (QED) is 0.684. The van der Waals surface area contributed by atoms with Crippen molar-refractivity contribution < 1.29 is 18.9 Å². The average molecular weight is 388 g/mol. The average Bonchev–Trinajstić information content (AvgIpc) is 3.12. The maximum Gasteiger partial charge on any atom is 0.266 e. The van der Waals surface area contributed by atoms with E-state index in [1.54, 1.807) is 56.5 Å². The Labute approximate surface area is 161 Å². The number of halogens is 1.